The van der Waals surface area contributed by atoms with Gasteiger partial charge in [0, 0.05) is 11.0 Å². The molecule has 0 saturated heterocycles. The van der Waals surface area contributed by atoms with E-state index >= 15 is 0 Å². The first-order valence-corrected chi connectivity index (χ1v) is 5.57. The predicted octanol–water partition coefficient (Wildman–Crippen LogP) is 2.26. The van der Waals surface area contributed by atoms with Gasteiger partial charge in [0.15, 0.2) is 0 Å². The summed E-state index contributed by atoms with van der Waals surface area (Å²) in [5.41, 5.74) is -1.05. The van der Waals surface area contributed by atoms with Crippen molar-refractivity contribution in [3.63, 3.8) is 0 Å². The molecule has 1 rings (SSSR count). The summed E-state index contributed by atoms with van der Waals surface area (Å²) in [6.07, 6.45) is -0.0584. The third-order valence-corrected chi connectivity index (χ3v) is 3.12. The molecule has 0 amide bonds. The van der Waals surface area contributed by atoms with Gasteiger partial charge >= 0.3 is 0 Å². The van der Waals surface area contributed by atoms with Crippen LogP contribution in [0.1, 0.15) is 12.5 Å². The average molecular weight is 295 g/mol. The maximum absolute atomic E-state index is 13.6. The van der Waals surface area contributed by atoms with Crippen molar-refractivity contribution in [3.8, 4) is 0 Å². The van der Waals surface area contributed by atoms with E-state index in [-0.39, 0.29) is 29.7 Å². The first-order valence-electron chi connectivity index (χ1n) is 4.77. The lowest BCUT2D eigenvalue weighted by molar-refractivity contribution is 0.0689. The molecule has 0 atom stereocenters. The minimum absolute atomic E-state index is 0.0584. The molecule has 0 aliphatic carbocycles. The van der Waals surface area contributed by atoms with Gasteiger partial charge in [-0.25, -0.2) is 8.78 Å². The van der Waals surface area contributed by atoms with Gasteiger partial charge in [-0.05, 0) is 34.5 Å². The quantitative estimate of drug-likeness (QED) is 0.837. The fourth-order valence-corrected chi connectivity index (χ4v) is 1.69. The van der Waals surface area contributed by atoms with E-state index in [9.17, 15) is 8.78 Å². The Bertz CT molecular complexity index is 378. The third-order valence-electron chi connectivity index (χ3n) is 2.51. The monoisotopic (exact) mass is 294 g/mol. The van der Waals surface area contributed by atoms with Crippen LogP contribution in [0, 0.1) is 17.0 Å². The van der Waals surface area contributed by atoms with Gasteiger partial charge in [-0.1, -0.05) is 6.92 Å². The van der Waals surface area contributed by atoms with Gasteiger partial charge in [-0.2, -0.15) is 0 Å². The molecule has 0 aliphatic rings. The van der Waals surface area contributed by atoms with E-state index in [1.54, 1.807) is 6.92 Å². The number of benzene rings is 1. The molecule has 0 heterocycles. The fraction of sp³-hybridized carbons (Fsp3) is 0.455. The van der Waals surface area contributed by atoms with Gasteiger partial charge in [-0.15, -0.1) is 0 Å². The second-order valence-corrected chi connectivity index (χ2v) is 4.98. The summed E-state index contributed by atoms with van der Waals surface area (Å²) < 4.78 is 27.2. The van der Waals surface area contributed by atoms with Crippen molar-refractivity contribution >= 4 is 15.9 Å². The Kier molecular flexibility index (Phi) is 4.41. The highest BCUT2D eigenvalue weighted by Crippen LogP contribution is 2.28. The molecule has 0 saturated carbocycles. The predicted molar refractivity (Wildman–Crippen MR) is 60.0 cm³/mol. The van der Waals surface area contributed by atoms with Crippen molar-refractivity contribution in [1.29, 1.82) is 0 Å². The van der Waals surface area contributed by atoms with Crippen LogP contribution in [0.5, 0.6) is 0 Å². The van der Waals surface area contributed by atoms with Crippen LogP contribution >= 0.6 is 15.9 Å². The zero-order valence-electron chi connectivity index (χ0n) is 8.80. The van der Waals surface area contributed by atoms with E-state index in [0.29, 0.717) is 0 Å². The summed E-state index contributed by atoms with van der Waals surface area (Å²) in [6, 6.07) is 2.43. The van der Waals surface area contributed by atoms with Crippen LogP contribution in [-0.4, -0.2) is 23.4 Å². The zero-order chi connectivity index (χ0) is 12.3. The topological polar surface area (TPSA) is 40.5 Å². The van der Waals surface area contributed by atoms with E-state index in [4.69, 9.17) is 10.2 Å². The molecule has 16 heavy (non-hydrogen) atoms. The summed E-state index contributed by atoms with van der Waals surface area (Å²) >= 11 is 2.96. The molecule has 90 valence electrons. The van der Waals surface area contributed by atoms with Gasteiger partial charge in [0.1, 0.15) is 11.6 Å². The molecule has 0 aromatic heterocycles. The molecule has 0 spiro atoms. The lowest BCUT2D eigenvalue weighted by atomic mass is 9.85. The van der Waals surface area contributed by atoms with E-state index in [2.05, 4.69) is 15.9 Å². The maximum Gasteiger partial charge on any atom is 0.143 e. The van der Waals surface area contributed by atoms with Crippen molar-refractivity contribution in [2.45, 2.75) is 13.3 Å². The minimum Gasteiger partial charge on any atom is -0.396 e. The van der Waals surface area contributed by atoms with E-state index in [1.807, 2.05) is 0 Å². The normalized spacial score (nSPS) is 11.9. The molecular formula is C11H13BrF2O2. The highest BCUT2D eigenvalue weighted by atomic mass is 79.9. The van der Waals surface area contributed by atoms with Crippen LogP contribution in [0.25, 0.3) is 0 Å². The molecule has 5 heteroatoms. The molecule has 0 radical (unpaired) electrons. The Labute approximate surface area is 101 Å². The summed E-state index contributed by atoms with van der Waals surface area (Å²) in [5, 5.41) is 18.2. The highest BCUT2D eigenvalue weighted by Gasteiger charge is 2.26. The van der Waals surface area contributed by atoms with Crippen LogP contribution in [-0.2, 0) is 6.42 Å². The molecule has 2 nitrogen and oxygen atoms in total. The number of aliphatic hydroxyl groups excluding tert-OH is 2. The zero-order valence-corrected chi connectivity index (χ0v) is 10.4. The second-order valence-electron chi connectivity index (χ2n) is 4.13. The van der Waals surface area contributed by atoms with Gasteiger partial charge < -0.3 is 10.2 Å². The Balaban J connectivity index is 3.10. The summed E-state index contributed by atoms with van der Waals surface area (Å²) in [6.45, 7) is 0.885. The Morgan fingerprint density at radius 1 is 1.25 bits per heavy atom. The molecule has 0 fully saturated rings. The van der Waals surface area contributed by atoms with Crippen LogP contribution in [0.4, 0.5) is 8.78 Å². The first-order chi connectivity index (χ1) is 7.43. The summed E-state index contributed by atoms with van der Waals surface area (Å²) in [5.74, 6) is -1.36. The van der Waals surface area contributed by atoms with Gasteiger partial charge in [0.2, 0.25) is 0 Å². The van der Waals surface area contributed by atoms with E-state index in [0.717, 1.165) is 6.07 Å². The van der Waals surface area contributed by atoms with Gasteiger partial charge in [-0.3, -0.25) is 0 Å². The standard InChI is InChI=1S/C11H13BrF2O2/c1-11(5-15,6-16)4-7-9(13)3-2-8(12)10(7)14/h2-3,15-16H,4-6H2,1H3. The summed E-state index contributed by atoms with van der Waals surface area (Å²) in [4.78, 5) is 0. The maximum atomic E-state index is 13.6. The Morgan fingerprint density at radius 3 is 2.31 bits per heavy atom. The molecule has 1 aromatic carbocycles. The van der Waals surface area contributed by atoms with Crippen LogP contribution < -0.4 is 0 Å². The Morgan fingerprint density at radius 2 is 1.81 bits per heavy atom. The second kappa shape index (κ2) is 5.21. The molecule has 0 unspecified atom stereocenters. The summed E-state index contributed by atoms with van der Waals surface area (Å²) in [7, 11) is 0. The average Bonchev–Trinajstić information content (AvgIpc) is 2.29. The SMILES string of the molecule is CC(CO)(CO)Cc1c(F)ccc(Br)c1F. The fourth-order valence-electron chi connectivity index (χ4n) is 1.32. The first kappa shape index (κ1) is 13.5. The number of aliphatic hydroxyl groups is 2. The molecule has 1 aromatic rings. The van der Waals surface area contributed by atoms with Crippen molar-refractivity contribution in [2.24, 2.45) is 5.41 Å². The van der Waals surface area contributed by atoms with Crippen LogP contribution in [0.3, 0.4) is 0 Å². The van der Waals surface area contributed by atoms with Crippen LogP contribution in [0.15, 0.2) is 16.6 Å². The minimum atomic E-state index is -0.928. The van der Waals surface area contributed by atoms with Gasteiger partial charge in [0.25, 0.3) is 0 Å². The van der Waals surface area contributed by atoms with Crippen LogP contribution in [0.2, 0.25) is 0 Å². The number of halogens is 3. The lowest BCUT2D eigenvalue weighted by Gasteiger charge is -2.25. The molecule has 0 bridgehead atoms. The highest BCUT2D eigenvalue weighted by molar-refractivity contribution is 9.10. The molecule has 0 aliphatic heterocycles. The largest absolute Gasteiger partial charge is 0.396 e. The van der Waals surface area contributed by atoms with E-state index < -0.39 is 17.0 Å². The van der Waals surface area contributed by atoms with Crippen molar-refractivity contribution in [1.82, 2.24) is 0 Å². The third kappa shape index (κ3) is 2.78. The molecule has 2 N–H and O–H groups in total. The number of hydrogen-bond acceptors (Lipinski definition) is 2. The van der Waals surface area contributed by atoms with E-state index in [1.165, 1.54) is 6.07 Å². The number of rotatable bonds is 4. The Hall–Kier alpha value is -0.520. The smallest absolute Gasteiger partial charge is 0.143 e. The van der Waals surface area contributed by atoms with Crippen molar-refractivity contribution in [3.05, 3.63) is 33.8 Å². The van der Waals surface area contributed by atoms with Gasteiger partial charge in [0.05, 0.1) is 17.7 Å². The van der Waals surface area contributed by atoms with Crippen molar-refractivity contribution in [2.75, 3.05) is 13.2 Å². The number of hydrogen-bond donors (Lipinski definition) is 2. The van der Waals surface area contributed by atoms with Crippen molar-refractivity contribution < 1.29 is 19.0 Å². The molecular weight excluding hydrogens is 282 g/mol. The lowest BCUT2D eigenvalue weighted by Crippen LogP contribution is -2.29.